The first-order valence-electron chi connectivity index (χ1n) is 9.10. The molecule has 4 heteroatoms. The van der Waals surface area contributed by atoms with Gasteiger partial charge in [0.15, 0.2) is 0 Å². The standard InChI is InChI=1S/C22H24O4/c1-3-4-5-6-12-24-17-10-11-19-20(14-17)25-15-21(22(19)23)26-18-9-7-8-16(2)13-18/h7-11,13-15H,3-6,12H2,1-2H3. The minimum Gasteiger partial charge on any atom is -0.493 e. The third kappa shape index (κ3) is 4.45. The van der Waals surface area contributed by atoms with E-state index in [0.717, 1.165) is 12.0 Å². The Labute approximate surface area is 153 Å². The summed E-state index contributed by atoms with van der Waals surface area (Å²) in [6, 6.07) is 12.8. The number of aryl methyl sites for hydroxylation is 1. The molecule has 1 aromatic heterocycles. The summed E-state index contributed by atoms with van der Waals surface area (Å²) in [5.41, 5.74) is 1.37. The molecule has 136 valence electrons. The van der Waals surface area contributed by atoms with Gasteiger partial charge in [-0.2, -0.15) is 0 Å². The van der Waals surface area contributed by atoms with E-state index < -0.39 is 0 Å². The molecule has 0 atom stereocenters. The second-order valence-electron chi connectivity index (χ2n) is 6.41. The van der Waals surface area contributed by atoms with Crippen molar-refractivity contribution < 1.29 is 13.9 Å². The molecule has 0 spiro atoms. The minimum absolute atomic E-state index is 0.177. The average molecular weight is 352 g/mol. The fourth-order valence-electron chi connectivity index (χ4n) is 2.78. The van der Waals surface area contributed by atoms with E-state index in [1.54, 1.807) is 18.2 Å². The van der Waals surface area contributed by atoms with Crippen LogP contribution >= 0.6 is 0 Å². The molecular formula is C22H24O4. The van der Waals surface area contributed by atoms with E-state index in [0.29, 0.717) is 29.1 Å². The van der Waals surface area contributed by atoms with Crippen molar-refractivity contribution in [3.63, 3.8) is 0 Å². The van der Waals surface area contributed by atoms with Gasteiger partial charge in [-0.05, 0) is 43.2 Å². The van der Waals surface area contributed by atoms with Crippen LogP contribution in [0.2, 0.25) is 0 Å². The third-order valence-electron chi connectivity index (χ3n) is 4.20. The molecular weight excluding hydrogens is 328 g/mol. The molecule has 0 aliphatic heterocycles. The fraction of sp³-hybridized carbons (Fsp3) is 0.318. The van der Waals surface area contributed by atoms with Crippen LogP contribution in [0.15, 0.2) is 57.9 Å². The van der Waals surface area contributed by atoms with Crippen molar-refractivity contribution in [2.24, 2.45) is 0 Å². The van der Waals surface area contributed by atoms with E-state index in [4.69, 9.17) is 13.9 Å². The zero-order valence-electron chi connectivity index (χ0n) is 15.3. The number of hydrogen-bond donors (Lipinski definition) is 0. The van der Waals surface area contributed by atoms with Gasteiger partial charge < -0.3 is 13.9 Å². The van der Waals surface area contributed by atoms with Crippen LogP contribution in [0.5, 0.6) is 17.2 Å². The van der Waals surface area contributed by atoms with Crippen LogP contribution in [0.4, 0.5) is 0 Å². The van der Waals surface area contributed by atoms with Crippen molar-refractivity contribution in [2.45, 2.75) is 39.5 Å². The van der Waals surface area contributed by atoms with Gasteiger partial charge in [0, 0.05) is 6.07 Å². The number of rotatable bonds is 8. The van der Waals surface area contributed by atoms with Gasteiger partial charge >= 0.3 is 0 Å². The lowest BCUT2D eigenvalue weighted by atomic mass is 10.2. The lowest BCUT2D eigenvalue weighted by molar-refractivity contribution is 0.305. The van der Waals surface area contributed by atoms with Crippen molar-refractivity contribution in [3.8, 4) is 17.2 Å². The van der Waals surface area contributed by atoms with Crippen LogP contribution < -0.4 is 14.9 Å². The third-order valence-corrected chi connectivity index (χ3v) is 4.20. The quantitative estimate of drug-likeness (QED) is 0.477. The second-order valence-corrected chi connectivity index (χ2v) is 6.41. The maximum absolute atomic E-state index is 12.6. The summed E-state index contributed by atoms with van der Waals surface area (Å²) >= 11 is 0. The van der Waals surface area contributed by atoms with Gasteiger partial charge in [0.05, 0.1) is 12.0 Å². The smallest absolute Gasteiger partial charge is 0.235 e. The maximum atomic E-state index is 12.6. The van der Waals surface area contributed by atoms with Crippen LogP contribution in [-0.2, 0) is 0 Å². The van der Waals surface area contributed by atoms with E-state index in [1.807, 2.05) is 31.2 Å². The summed E-state index contributed by atoms with van der Waals surface area (Å²) < 4.78 is 17.0. The molecule has 4 nitrogen and oxygen atoms in total. The first-order chi connectivity index (χ1) is 12.7. The molecule has 0 bridgehead atoms. The van der Waals surface area contributed by atoms with E-state index in [-0.39, 0.29) is 11.2 Å². The largest absolute Gasteiger partial charge is 0.493 e. The number of hydrogen-bond acceptors (Lipinski definition) is 4. The first-order valence-corrected chi connectivity index (χ1v) is 9.10. The minimum atomic E-state index is -0.192. The predicted octanol–water partition coefficient (Wildman–Crippen LogP) is 5.85. The van der Waals surface area contributed by atoms with Crippen LogP contribution in [0, 0.1) is 6.92 Å². The number of fused-ring (bicyclic) bond motifs is 1. The molecule has 0 radical (unpaired) electrons. The molecule has 3 rings (SSSR count). The fourth-order valence-corrected chi connectivity index (χ4v) is 2.78. The number of ether oxygens (including phenoxy) is 2. The Balaban J connectivity index is 1.75. The topological polar surface area (TPSA) is 48.7 Å². The van der Waals surface area contributed by atoms with Crippen molar-refractivity contribution in [3.05, 3.63) is 64.5 Å². The predicted molar refractivity (Wildman–Crippen MR) is 103 cm³/mol. The summed E-state index contributed by atoms with van der Waals surface area (Å²) in [6.07, 6.45) is 5.98. The lowest BCUT2D eigenvalue weighted by Gasteiger charge is -2.08. The Bertz CT molecular complexity index is 927. The van der Waals surface area contributed by atoms with Crippen LogP contribution in [0.1, 0.15) is 38.2 Å². The molecule has 0 saturated heterocycles. The van der Waals surface area contributed by atoms with Crippen LogP contribution in [0.3, 0.4) is 0 Å². The van der Waals surface area contributed by atoms with E-state index in [2.05, 4.69) is 6.92 Å². The zero-order valence-corrected chi connectivity index (χ0v) is 15.3. The van der Waals surface area contributed by atoms with Crippen LogP contribution in [-0.4, -0.2) is 6.61 Å². The average Bonchev–Trinajstić information content (AvgIpc) is 2.64. The van der Waals surface area contributed by atoms with Crippen LogP contribution in [0.25, 0.3) is 11.0 Å². The Kier molecular flexibility index (Phi) is 5.95. The van der Waals surface area contributed by atoms with E-state index in [9.17, 15) is 4.79 Å². The Hall–Kier alpha value is -2.75. The Morgan fingerprint density at radius 1 is 1.00 bits per heavy atom. The first kappa shape index (κ1) is 18.1. The molecule has 0 fully saturated rings. The highest BCUT2D eigenvalue weighted by molar-refractivity contribution is 5.79. The summed E-state index contributed by atoms with van der Waals surface area (Å²) in [5.74, 6) is 1.50. The summed E-state index contributed by atoms with van der Waals surface area (Å²) in [5, 5.41) is 0.480. The lowest BCUT2D eigenvalue weighted by Crippen LogP contribution is -2.05. The monoisotopic (exact) mass is 352 g/mol. The highest BCUT2D eigenvalue weighted by atomic mass is 16.5. The summed E-state index contributed by atoms with van der Waals surface area (Å²) in [6.45, 7) is 4.83. The summed E-state index contributed by atoms with van der Waals surface area (Å²) in [7, 11) is 0. The zero-order chi connectivity index (χ0) is 18.4. The van der Waals surface area contributed by atoms with Gasteiger partial charge in [0.1, 0.15) is 23.3 Å². The van der Waals surface area contributed by atoms with Crippen molar-refractivity contribution in [1.29, 1.82) is 0 Å². The molecule has 26 heavy (non-hydrogen) atoms. The molecule has 0 aliphatic carbocycles. The van der Waals surface area contributed by atoms with Crippen molar-refractivity contribution in [1.82, 2.24) is 0 Å². The van der Waals surface area contributed by atoms with Gasteiger partial charge in [-0.25, -0.2) is 0 Å². The Morgan fingerprint density at radius 2 is 1.88 bits per heavy atom. The van der Waals surface area contributed by atoms with Gasteiger partial charge in [0.25, 0.3) is 0 Å². The molecule has 0 unspecified atom stereocenters. The molecule has 0 aliphatic rings. The maximum Gasteiger partial charge on any atom is 0.235 e. The van der Waals surface area contributed by atoms with E-state index in [1.165, 1.54) is 25.5 Å². The second kappa shape index (κ2) is 8.56. The molecule has 2 aromatic carbocycles. The SMILES string of the molecule is CCCCCCOc1ccc2c(=O)c(Oc3cccc(C)c3)coc2c1. The molecule has 0 amide bonds. The molecule has 3 aromatic rings. The van der Waals surface area contributed by atoms with Crippen molar-refractivity contribution >= 4 is 11.0 Å². The van der Waals surface area contributed by atoms with Gasteiger partial charge in [0.2, 0.25) is 11.2 Å². The van der Waals surface area contributed by atoms with Gasteiger partial charge in [-0.15, -0.1) is 0 Å². The van der Waals surface area contributed by atoms with E-state index >= 15 is 0 Å². The molecule has 0 N–H and O–H groups in total. The normalized spacial score (nSPS) is 10.8. The highest BCUT2D eigenvalue weighted by Crippen LogP contribution is 2.24. The summed E-state index contributed by atoms with van der Waals surface area (Å²) in [4.78, 5) is 12.6. The Morgan fingerprint density at radius 3 is 2.69 bits per heavy atom. The van der Waals surface area contributed by atoms with Crippen molar-refractivity contribution in [2.75, 3.05) is 6.61 Å². The number of benzene rings is 2. The van der Waals surface area contributed by atoms with Gasteiger partial charge in [-0.3, -0.25) is 4.79 Å². The number of unbranched alkanes of at least 4 members (excludes halogenated alkanes) is 3. The highest BCUT2D eigenvalue weighted by Gasteiger charge is 2.10. The molecule has 1 heterocycles. The van der Waals surface area contributed by atoms with Gasteiger partial charge in [-0.1, -0.05) is 38.3 Å². The molecule has 0 saturated carbocycles.